The van der Waals surface area contributed by atoms with Gasteiger partial charge in [0.2, 0.25) is 0 Å². The van der Waals surface area contributed by atoms with Gasteiger partial charge in [0.25, 0.3) is 0 Å². The average Bonchev–Trinajstić information content (AvgIpc) is 3.19. The molecule has 0 saturated carbocycles. The third-order valence-corrected chi connectivity index (χ3v) is 4.84. The fourth-order valence-electron chi connectivity index (χ4n) is 3.39. The molecule has 130 valence electrons. The van der Waals surface area contributed by atoms with Gasteiger partial charge < -0.3 is 0 Å². The zero-order chi connectivity index (χ0) is 17.1. The molecule has 2 nitrogen and oxygen atoms in total. The molecule has 4 heterocycles. The van der Waals surface area contributed by atoms with Crippen molar-refractivity contribution in [3.63, 3.8) is 0 Å². The summed E-state index contributed by atoms with van der Waals surface area (Å²) in [6.45, 7) is 14.3. The number of fused-ring (bicyclic) bond motifs is 2. The fraction of sp³-hybridized carbons (Fsp3) is 0.476. The van der Waals surface area contributed by atoms with E-state index >= 15 is 0 Å². The third-order valence-electron chi connectivity index (χ3n) is 4.84. The first kappa shape index (κ1) is 19.6. The zero-order valence-corrected chi connectivity index (χ0v) is 15.3. The Balaban J connectivity index is 0.000000173. The molecule has 25 heavy (non-hydrogen) atoms. The number of nitrogens with zero attached hydrogens (tertiary/aromatic N) is 2. The predicted molar refractivity (Wildman–Crippen MR) is 114 cm³/mol. The van der Waals surface area contributed by atoms with Crippen molar-refractivity contribution < 1.29 is 0 Å². The predicted octanol–water partition coefficient (Wildman–Crippen LogP) is 4.74. The van der Waals surface area contributed by atoms with E-state index in [9.17, 15) is 0 Å². The van der Waals surface area contributed by atoms with Gasteiger partial charge in [0.1, 0.15) is 0 Å². The molecule has 0 atom stereocenters. The van der Waals surface area contributed by atoms with Gasteiger partial charge in [-0.25, -0.2) is 0 Å². The van der Waals surface area contributed by atoms with Gasteiger partial charge >= 0.3 is 147 Å². The van der Waals surface area contributed by atoms with Crippen LogP contribution in [0.3, 0.4) is 0 Å². The van der Waals surface area contributed by atoms with Gasteiger partial charge in [-0.05, 0) is 0 Å². The second kappa shape index (κ2) is 8.60. The Bertz CT molecular complexity index is 738. The van der Waals surface area contributed by atoms with Crippen molar-refractivity contribution >= 4 is 30.9 Å². The molecule has 2 aromatic rings. The van der Waals surface area contributed by atoms with E-state index in [0.29, 0.717) is 12.0 Å². The van der Waals surface area contributed by atoms with Gasteiger partial charge in [0.05, 0.1) is 0 Å². The molecule has 2 aliphatic rings. The average molecular weight is 332 g/mol. The molecule has 4 rings (SSSR count). The molecule has 2 aliphatic heterocycles. The van der Waals surface area contributed by atoms with E-state index in [1.807, 2.05) is 6.91 Å². The van der Waals surface area contributed by atoms with Crippen LogP contribution in [-0.4, -0.2) is 32.1 Å². The van der Waals surface area contributed by atoms with E-state index in [4.69, 9.17) is 0 Å². The molecule has 0 unspecified atom stereocenters. The van der Waals surface area contributed by atoms with Crippen molar-refractivity contribution in [3.8, 4) is 0 Å². The standard InChI is InChI=1S/C10H14BN.C10H12BN.CH4/c1-8(2)12-6-4-9-3-5-11-7-10(9)12;1-7(2)9-5-8-3-4-11-6-10(8)12-9;/h3,5,7-8H,4,6H2,1-2H3;3-4,6-7H,5H2,1-2H3;1H4. The number of rotatable bonds is 2. The Morgan fingerprint density at radius 3 is 2.32 bits per heavy atom. The van der Waals surface area contributed by atoms with Crippen LogP contribution in [0.2, 0.25) is 0 Å². The topological polar surface area (TPSA) is 15.6 Å². The molecule has 0 aliphatic carbocycles. The van der Waals surface area contributed by atoms with Gasteiger partial charge in [-0.1, -0.05) is 7.43 Å². The Morgan fingerprint density at radius 2 is 1.68 bits per heavy atom. The summed E-state index contributed by atoms with van der Waals surface area (Å²) in [7, 11) is 0. The van der Waals surface area contributed by atoms with Crippen LogP contribution in [0.1, 0.15) is 46.2 Å². The number of hydrogen-bond acceptors (Lipinski definition) is 2. The van der Waals surface area contributed by atoms with E-state index in [1.54, 1.807) is 0 Å². The van der Waals surface area contributed by atoms with Crippen LogP contribution in [0.4, 0.5) is 11.4 Å². The molecular formula is C21H30B2N2. The summed E-state index contributed by atoms with van der Waals surface area (Å²) in [4.78, 5) is 7.04. The van der Waals surface area contributed by atoms with Crippen molar-refractivity contribution in [1.29, 1.82) is 0 Å². The molecular weight excluding hydrogens is 302 g/mol. The van der Waals surface area contributed by atoms with E-state index in [1.165, 1.54) is 41.2 Å². The minimum atomic E-state index is 0. The van der Waals surface area contributed by atoms with Gasteiger partial charge in [-0.15, -0.1) is 0 Å². The first-order valence-electron chi connectivity index (χ1n) is 9.06. The van der Waals surface area contributed by atoms with E-state index < -0.39 is 0 Å². The first-order chi connectivity index (χ1) is 11.6. The summed E-state index contributed by atoms with van der Waals surface area (Å²) in [6, 6.07) is 5.03. The minimum absolute atomic E-state index is 0. The Kier molecular flexibility index (Phi) is 6.75. The molecule has 0 N–H and O–H groups in total. The zero-order valence-electron chi connectivity index (χ0n) is 15.3. The normalized spacial score (nSPS) is 14.2. The van der Waals surface area contributed by atoms with Crippen molar-refractivity contribution in [2.24, 2.45) is 10.9 Å². The van der Waals surface area contributed by atoms with Crippen LogP contribution < -0.4 is 4.90 Å². The number of anilines is 1. The number of hydrogen-bond donors (Lipinski definition) is 0. The van der Waals surface area contributed by atoms with Crippen LogP contribution >= 0.6 is 0 Å². The SMILES string of the molecule is C.CC(C)C1=Nc2cbccc2C1.CC(C)N1CCc2ccbcc21. The number of aliphatic imine (C=N–C) groups is 1. The van der Waals surface area contributed by atoms with Crippen molar-refractivity contribution in [2.45, 2.75) is 54.0 Å². The van der Waals surface area contributed by atoms with Gasteiger partial charge in [-0.2, -0.15) is 0 Å². The Labute approximate surface area is 154 Å². The van der Waals surface area contributed by atoms with Crippen molar-refractivity contribution in [2.75, 3.05) is 11.4 Å². The maximum atomic E-state index is 4.57. The van der Waals surface area contributed by atoms with Gasteiger partial charge in [0, 0.05) is 0 Å². The molecule has 2 aromatic heterocycles. The Morgan fingerprint density at radius 1 is 1.00 bits per heavy atom. The van der Waals surface area contributed by atoms with E-state index in [2.05, 4.69) is 80.5 Å². The molecule has 0 fully saturated rings. The maximum absolute atomic E-state index is 4.57. The summed E-state index contributed by atoms with van der Waals surface area (Å²) in [6.07, 6.45) is 2.27. The van der Waals surface area contributed by atoms with Crippen LogP contribution in [0, 0.1) is 5.92 Å². The van der Waals surface area contributed by atoms with Crippen molar-refractivity contribution in [3.05, 3.63) is 47.1 Å². The molecule has 0 spiro atoms. The van der Waals surface area contributed by atoms with Crippen LogP contribution in [0.15, 0.2) is 41.0 Å². The van der Waals surface area contributed by atoms with Crippen LogP contribution in [0.5, 0.6) is 0 Å². The Hall–Kier alpha value is -1.70. The molecule has 0 aromatic carbocycles. The van der Waals surface area contributed by atoms with Crippen LogP contribution in [-0.2, 0) is 12.8 Å². The summed E-state index contributed by atoms with van der Waals surface area (Å²) in [5.41, 5.74) is 6.80. The summed E-state index contributed by atoms with van der Waals surface area (Å²) >= 11 is 0. The molecule has 4 heteroatoms. The first-order valence-corrected chi connectivity index (χ1v) is 9.06. The fourth-order valence-corrected chi connectivity index (χ4v) is 3.39. The van der Waals surface area contributed by atoms with E-state index in [0.717, 1.165) is 6.42 Å². The third kappa shape index (κ3) is 4.48. The summed E-state index contributed by atoms with van der Waals surface area (Å²) < 4.78 is 0. The van der Waals surface area contributed by atoms with Crippen molar-refractivity contribution in [1.82, 2.24) is 0 Å². The summed E-state index contributed by atoms with van der Waals surface area (Å²) in [5, 5.41) is 0. The van der Waals surface area contributed by atoms with E-state index in [-0.39, 0.29) is 7.43 Å². The quantitative estimate of drug-likeness (QED) is 0.776. The second-order valence-electron chi connectivity index (χ2n) is 7.23. The molecule has 0 bridgehead atoms. The molecule has 0 amide bonds. The van der Waals surface area contributed by atoms with Crippen LogP contribution in [0.25, 0.3) is 0 Å². The molecule has 0 radical (unpaired) electrons. The van der Waals surface area contributed by atoms with Gasteiger partial charge in [-0.3, -0.25) is 0 Å². The monoisotopic (exact) mass is 332 g/mol. The second-order valence-corrected chi connectivity index (χ2v) is 7.23. The molecule has 0 saturated heterocycles. The van der Waals surface area contributed by atoms with Gasteiger partial charge in [0.15, 0.2) is 0 Å². The summed E-state index contributed by atoms with van der Waals surface area (Å²) in [5.74, 6) is 9.10.